The fourth-order valence-corrected chi connectivity index (χ4v) is 2.48. The van der Waals surface area contributed by atoms with Crippen molar-refractivity contribution in [1.82, 2.24) is 9.88 Å². The number of nitrogens with zero attached hydrogens (tertiary/aromatic N) is 2. The molecule has 1 heterocycles. The van der Waals surface area contributed by atoms with Crippen molar-refractivity contribution < 1.29 is 4.79 Å². The second-order valence-corrected chi connectivity index (χ2v) is 5.54. The number of aromatic nitrogens is 1. The molecule has 1 aliphatic rings. The molecule has 0 bridgehead atoms. The highest BCUT2D eigenvalue weighted by Gasteiger charge is 2.27. The van der Waals surface area contributed by atoms with E-state index < -0.39 is 0 Å². The van der Waals surface area contributed by atoms with Crippen LogP contribution in [0.3, 0.4) is 0 Å². The summed E-state index contributed by atoms with van der Waals surface area (Å²) < 4.78 is 0. The van der Waals surface area contributed by atoms with Crippen LogP contribution in [-0.2, 0) is 0 Å². The lowest BCUT2D eigenvalue weighted by Gasteiger charge is -2.19. The van der Waals surface area contributed by atoms with Gasteiger partial charge in [0.2, 0.25) is 0 Å². The Hall–Kier alpha value is -0.940. The summed E-state index contributed by atoms with van der Waals surface area (Å²) in [6, 6.07) is -0.0972. The maximum absolute atomic E-state index is 12.2. The van der Waals surface area contributed by atoms with Crippen molar-refractivity contribution >= 4 is 17.2 Å². The molecule has 1 saturated carbocycles. The molecule has 0 saturated heterocycles. The third kappa shape index (κ3) is 3.04. The van der Waals surface area contributed by atoms with Gasteiger partial charge in [0.15, 0.2) is 0 Å². The molecule has 1 amide bonds. The Balaban J connectivity index is 2.05. The molecule has 17 heavy (non-hydrogen) atoms. The highest BCUT2D eigenvalue weighted by Crippen LogP contribution is 2.30. The molecule has 0 aromatic carbocycles. The Morgan fingerprint density at radius 1 is 1.71 bits per heavy atom. The number of hydrogen-bond acceptors (Lipinski definition) is 4. The van der Waals surface area contributed by atoms with Gasteiger partial charge in [0.1, 0.15) is 10.7 Å². The quantitative estimate of drug-likeness (QED) is 0.873. The molecule has 94 valence electrons. The number of rotatable bonds is 5. The van der Waals surface area contributed by atoms with E-state index in [4.69, 9.17) is 5.73 Å². The standard InChI is InChI=1S/C12H19N3OS/c1-3-15(6-9-4-5-9)12(16)10-7-17-11(14-10)8(2)13/h7-9H,3-6,13H2,1-2H3. The summed E-state index contributed by atoms with van der Waals surface area (Å²) in [6.45, 7) is 5.52. The molecule has 1 aromatic heterocycles. The van der Waals surface area contributed by atoms with Gasteiger partial charge in [0, 0.05) is 18.5 Å². The zero-order valence-electron chi connectivity index (χ0n) is 10.3. The van der Waals surface area contributed by atoms with Crippen molar-refractivity contribution in [2.75, 3.05) is 13.1 Å². The van der Waals surface area contributed by atoms with Gasteiger partial charge in [-0.2, -0.15) is 0 Å². The fraction of sp³-hybridized carbons (Fsp3) is 0.667. The van der Waals surface area contributed by atoms with E-state index in [1.807, 2.05) is 24.1 Å². The molecule has 2 N–H and O–H groups in total. The lowest BCUT2D eigenvalue weighted by Crippen LogP contribution is -2.33. The summed E-state index contributed by atoms with van der Waals surface area (Å²) in [5, 5.41) is 2.65. The van der Waals surface area contributed by atoms with Gasteiger partial charge in [-0.15, -0.1) is 11.3 Å². The van der Waals surface area contributed by atoms with Crippen LogP contribution < -0.4 is 5.73 Å². The molecule has 1 unspecified atom stereocenters. The van der Waals surface area contributed by atoms with Crippen LogP contribution in [0.25, 0.3) is 0 Å². The Labute approximate surface area is 106 Å². The van der Waals surface area contributed by atoms with Crippen molar-refractivity contribution in [2.24, 2.45) is 11.7 Å². The number of carbonyl (C=O) groups is 1. The van der Waals surface area contributed by atoms with E-state index in [1.165, 1.54) is 24.2 Å². The SMILES string of the molecule is CCN(CC1CC1)C(=O)c1csc(C(C)N)n1. The van der Waals surface area contributed by atoms with Gasteiger partial charge in [0.25, 0.3) is 5.91 Å². The van der Waals surface area contributed by atoms with E-state index in [0.29, 0.717) is 11.6 Å². The first kappa shape index (κ1) is 12.5. The van der Waals surface area contributed by atoms with Crippen LogP contribution in [0.2, 0.25) is 0 Å². The molecule has 0 spiro atoms. The highest BCUT2D eigenvalue weighted by molar-refractivity contribution is 7.09. The zero-order chi connectivity index (χ0) is 12.4. The van der Waals surface area contributed by atoms with Gasteiger partial charge in [-0.05, 0) is 32.6 Å². The molecule has 2 rings (SSSR count). The van der Waals surface area contributed by atoms with Crippen LogP contribution in [0.1, 0.15) is 48.2 Å². The summed E-state index contributed by atoms with van der Waals surface area (Å²) >= 11 is 1.46. The van der Waals surface area contributed by atoms with Crippen molar-refractivity contribution in [3.8, 4) is 0 Å². The topological polar surface area (TPSA) is 59.2 Å². The average molecular weight is 253 g/mol. The molecule has 1 aromatic rings. The number of amides is 1. The van der Waals surface area contributed by atoms with E-state index in [2.05, 4.69) is 4.98 Å². The van der Waals surface area contributed by atoms with Gasteiger partial charge < -0.3 is 10.6 Å². The zero-order valence-corrected chi connectivity index (χ0v) is 11.2. The summed E-state index contributed by atoms with van der Waals surface area (Å²) in [6.07, 6.45) is 2.51. The van der Waals surface area contributed by atoms with Gasteiger partial charge in [-0.25, -0.2) is 4.98 Å². The number of thiazole rings is 1. The van der Waals surface area contributed by atoms with E-state index in [0.717, 1.165) is 18.1 Å². The lowest BCUT2D eigenvalue weighted by molar-refractivity contribution is 0.0751. The van der Waals surface area contributed by atoms with Crippen molar-refractivity contribution in [3.05, 3.63) is 16.1 Å². The highest BCUT2D eigenvalue weighted by atomic mass is 32.1. The minimum Gasteiger partial charge on any atom is -0.337 e. The molecule has 1 aliphatic carbocycles. The van der Waals surface area contributed by atoms with Crippen LogP contribution in [0.5, 0.6) is 0 Å². The predicted molar refractivity (Wildman–Crippen MR) is 69.0 cm³/mol. The Kier molecular flexibility index (Phi) is 3.79. The van der Waals surface area contributed by atoms with E-state index >= 15 is 0 Å². The van der Waals surface area contributed by atoms with Crippen LogP contribution >= 0.6 is 11.3 Å². The second-order valence-electron chi connectivity index (χ2n) is 4.65. The van der Waals surface area contributed by atoms with Crippen LogP contribution in [0.15, 0.2) is 5.38 Å². The van der Waals surface area contributed by atoms with Crippen LogP contribution in [0.4, 0.5) is 0 Å². The van der Waals surface area contributed by atoms with Gasteiger partial charge in [-0.3, -0.25) is 4.79 Å². The number of hydrogen-bond donors (Lipinski definition) is 1. The minimum atomic E-state index is -0.0972. The summed E-state index contributed by atoms with van der Waals surface area (Å²) in [5.41, 5.74) is 6.30. The monoisotopic (exact) mass is 253 g/mol. The maximum Gasteiger partial charge on any atom is 0.273 e. The van der Waals surface area contributed by atoms with Crippen molar-refractivity contribution in [3.63, 3.8) is 0 Å². The van der Waals surface area contributed by atoms with E-state index in [9.17, 15) is 4.79 Å². The minimum absolute atomic E-state index is 0.0440. The Morgan fingerprint density at radius 2 is 2.41 bits per heavy atom. The first-order chi connectivity index (χ1) is 8.11. The smallest absolute Gasteiger partial charge is 0.273 e. The molecule has 0 aliphatic heterocycles. The van der Waals surface area contributed by atoms with Gasteiger partial charge >= 0.3 is 0 Å². The molecule has 4 nitrogen and oxygen atoms in total. The second kappa shape index (κ2) is 5.14. The van der Waals surface area contributed by atoms with E-state index in [-0.39, 0.29) is 11.9 Å². The summed E-state index contributed by atoms with van der Waals surface area (Å²) in [5.74, 6) is 0.757. The third-order valence-corrected chi connectivity index (χ3v) is 4.02. The molecular weight excluding hydrogens is 234 g/mol. The molecule has 1 fully saturated rings. The van der Waals surface area contributed by atoms with Crippen LogP contribution in [-0.4, -0.2) is 28.9 Å². The Bertz CT molecular complexity index is 398. The van der Waals surface area contributed by atoms with Crippen LogP contribution in [0, 0.1) is 5.92 Å². The average Bonchev–Trinajstić information content (AvgIpc) is 2.97. The first-order valence-electron chi connectivity index (χ1n) is 6.12. The normalized spacial score (nSPS) is 16.9. The number of carbonyl (C=O) groups excluding carboxylic acids is 1. The third-order valence-electron chi connectivity index (χ3n) is 2.98. The van der Waals surface area contributed by atoms with Crippen molar-refractivity contribution in [2.45, 2.75) is 32.7 Å². The van der Waals surface area contributed by atoms with Gasteiger partial charge in [-0.1, -0.05) is 0 Å². The summed E-state index contributed by atoms with van der Waals surface area (Å²) in [4.78, 5) is 18.4. The molecule has 5 heteroatoms. The number of nitrogens with two attached hydrogens (primary N) is 1. The van der Waals surface area contributed by atoms with E-state index in [1.54, 1.807) is 0 Å². The lowest BCUT2D eigenvalue weighted by atomic mass is 10.3. The first-order valence-corrected chi connectivity index (χ1v) is 7.00. The molecule has 1 atom stereocenters. The predicted octanol–water partition coefficient (Wildman–Crippen LogP) is 2.03. The largest absolute Gasteiger partial charge is 0.337 e. The fourth-order valence-electron chi connectivity index (χ4n) is 1.72. The van der Waals surface area contributed by atoms with Gasteiger partial charge in [0.05, 0.1) is 6.04 Å². The summed E-state index contributed by atoms with van der Waals surface area (Å²) in [7, 11) is 0. The molecule has 0 radical (unpaired) electrons. The molecular formula is C12H19N3OS. The maximum atomic E-state index is 12.2. The van der Waals surface area contributed by atoms with Crippen molar-refractivity contribution in [1.29, 1.82) is 0 Å². The Morgan fingerprint density at radius 3 is 2.88 bits per heavy atom.